The second-order valence-electron chi connectivity index (χ2n) is 5.02. The summed E-state index contributed by atoms with van der Waals surface area (Å²) in [6, 6.07) is 0. The smallest absolute Gasteiger partial charge is 0.0639 e. The molecule has 0 aromatic heterocycles. The Morgan fingerprint density at radius 1 is 1.54 bits per heavy atom. The van der Waals surface area contributed by atoms with E-state index in [4.69, 9.17) is 5.11 Å². The second-order valence-corrected chi connectivity index (χ2v) is 5.02. The maximum Gasteiger partial charge on any atom is 0.0639 e. The molecule has 1 atom stereocenters. The molecule has 13 heavy (non-hydrogen) atoms. The summed E-state index contributed by atoms with van der Waals surface area (Å²) in [5, 5.41) is 8.87. The lowest BCUT2D eigenvalue weighted by Crippen LogP contribution is -2.16. The molecule has 0 unspecified atom stereocenters. The highest BCUT2D eigenvalue weighted by Gasteiger charge is 2.33. The van der Waals surface area contributed by atoms with Crippen molar-refractivity contribution in [3.8, 4) is 0 Å². The van der Waals surface area contributed by atoms with Crippen LogP contribution in [-0.4, -0.2) is 11.7 Å². The van der Waals surface area contributed by atoms with Crippen LogP contribution < -0.4 is 0 Å². The molecule has 0 aromatic carbocycles. The molecule has 1 heteroatoms. The first-order valence-electron chi connectivity index (χ1n) is 5.33. The number of hydrogen-bond donors (Lipinski definition) is 1. The quantitative estimate of drug-likeness (QED) is 0.665. The minimum atomic E-state index is 0.215. The molecule has 0 spiro atoms. The van der Waals surface area contributed by atoms with Crippen molar-refractivity contribution in [3.05, 3.63) is 11.6 Å². The highest BCUT2D eigenvalue weighted by Crippen LogP contribution is 2.44. The van der Waals surface area contributed by atoms with Crippen LogP contribution in [0.1, 0.15) is 46.5 Å². The molecule has 0 radical (unpaired) electrons. The van der Waals surface area contributed by atoms with Gasteiger partial charge in [0.1, 0.15) is 0 Å². The molecule has 0 aliphatic heterocycles. The van der Waals surface area contributed by atoms with Gasteiger partial charge in [-0.3, -0.25) is 0 Å². The monoisotopic (exact) mass is 182 g/mol. The summed E-state index contributed by atoms with van der Waals surface area (Å²) < 4.78 is 0. The Hall–Kier alpha value is -0.300. The molecule has 0 aromatic rings. The van der Waals surface area contributed by atoms with Crippen LogP contribution in [0.3, 0.4) is 0 Å². The van der Waals surface area contributed by atoms with Crippen LogP contribution in [0.2, 0.25) is 0 Å². The molecule has 1 aliphatic carbocycles. The van der Waals surface area contributed by atoms with Crippen LogP contribution in [0.5, 0.6) is 0 Å². The van der Waals surface area contributed by atoms with E-state index in [1.807, 2.05) is 6.92 Å². The van der Waals surface area contributed by atoms with Gasteiger partial charge < -0.3 is 5.11 Å². The van der Waals surface area contributed by atoms with E-state index in [0.29, 0.717) is 5.41 Å². The lowest BCUT2D eigenvalue weighted by Gasteiger charge is -2.26. The van der Waals surface area contributed by atoms with Gasteiger partial charge in [0.25, 0.3) is 0 Å². The molecule has 1 aliphatic rings. The van der Waals surface area contributed by atoms with Gasteiger partial charge in [-0.2, -0.15) is 0 Å². The number of aliphatic hydroxyl groups excluding tert-OH is 1. The minimum absolute atomic E-state index is 0.215. The van der Waals surface area contributed by atoms with E-state index >= 15 is 0 Å². The molecule has 1 saturated carbocycles. The molecular weight excluding hydrogens is 160 g/mol. The fourth-order valence-electron chi connectivity index (χ4n) is 2.24. The number of allylic oxidation sites excluding steroid dienone is 1. The third-order valence-corrected chi connectivity index (χ3v) is 3.48. The third kappa shape index (κ3) is 2.84. The molecule has 1 fully saturated rings. The number of hydrogen-bond acceptors (Lipinski definition) is 1. The van der Waals surface area contributed by atoms with E-state index in [-0.39, 0.29) is 6.61 Å². The Balaban J connectivity index is 2.45. The van der Waals surface area contributed by atoms with Gasteiger partial charge in [0.2, 0.25) is 0 Å². The van der Waals surface area contributed by atoms with E-state index in [1.165, 1.54) is 19.3 Å². The average molecular weight is 182 g/mol. The third-order valence-electron chi connectivity index (χ3n) is 3.48. The molecule has 1 N–H and O–H groups in total. The summed E-state index contributed by atoms with van der Waals surface area (Å²) in [5.74, 6) is 0.828. The number of rotatable bonds is 3. The van der Waals surface area contributed by atoms with Gasteiger partial charge in [-0.25, -0.2) is 0 Å². The van der Waals surface area contributed by atoms with Crippen LogP contribution >= 0.6 is 0 Å². The summed E-state index contributed by atoms with van der Waals surface area (Å²) >= 11 is 0. The summed E-state index contributed by atoms with van der Waals surface area (Å²) in [7, 11) is 0. The van der Waals surface area contributed by atoms with Gasteiger partial charge in [-0.1, -0.05) is 31.9 Å². The average Bonchev–Trinajstić information content (AvgIpc) is 2.41. The van der Waals surface area contributed by atoms with E-state index in [1.54, 1.807) is 0 Å². The van der Waals surface area contributed by atoms with Crippen LogP contribution in [0.25, 0.3) is 0 Å². The fraction of sp³-hybridized carbons (Fsp3) is 0.833. The molecular formula is C12H22O. The fourth-order valence-corrected chi connectivity index (χ4v) is 2.24. The van der Waals surface area contributed by atoms with Crippen molar-refractivity contribution in [1.29, 1.82) is 0 Å². The number of aliphatic hydroxyl groups is 1. The summed E-state index contributed by atoms with van der Waals surface area (Å²) in [6.45, 7) is 6.95. The van der Waals surface area contributed by atoms with Crippen molar-refractivity contribution in [2.24, 2.45) is 11.3 Å². The Morgan fingerprint density at radius 3 is 2.69 bits per heavy atom. The molecule has 1 nitrogen and oxygen atoms in total. The maximum absolute atomic E-state index is 8.87. The van der Waals surface area contributed by atoms with Gasteiger partial charge in [-0.15, -0.1) is 0 Å². The molecule has 1 rings (SSSR count). The zero-order chi connectivity index (χ0) is 9.90. The van der Waals surface area contributed by atoms with Gasteiger partial charge in [0.15, 0.2) is 0 Å². The zero-order valence-corrected chi connectivity index (χ0v) is 9.14. The highest BCUT2D eigenvalue weighted by molar-refractivity contribution is 5.00. The van der Waals surface area contributed by atoms with Crippen molar-refractivity contribution in [2.45, 2.75) is 46.5 Å². The Labute approximate surface area is 81.9 Å². The van der Waals surface area contributed by atoms with E-state index < -0.39 is 0 Å². The topological polar surface area (TPSA) is 20.2 Å². The highest BCUT2D eigenvalue weighted by atomic mass is 16.3. The lowest BCUT2D eigenvalue weighted by atomic mass is 9.80. The molecule has 76 valence electrons. The van der Waals surface area contributed by atoms with Gasteiger partial charge in [0, 0.05) is 0 Å². The Bertz CT molecular complexity index is 191. The standard InChI is InChI=1S/C12H22O/c1-10(9-13)6-7-11-5-4-8-12(11,2)3/h6,11,13H,4-5,7-9H2,1-3H3/b10-6+/t11-/m1/s1. The van der Waals surface area contributed by atoms with Crippen LogP contribution in [0.15, 0.2) is 11.6 Å². The van der Waals surface area contributed by atoms with Gasteiger partial charge in [-0.05, 0) is 37.5 Å². The van der Waals surface area contributed by atoms with Gasteiger partial charge in [0.05, 0.1) is 6.61 Å². The van der Waals surface area contributed by atoms with Gasteiger partial charge >= 0.3 is 0 Å². The predicted molar refractivity (Wildman–Crippen MR) is 56.6 cm³/mol. The van der Waals surface area contributed by atoms with E-state index in [9.17, 15) is 0 Å². The Kier molecular flexibility index (Phi) is 3.55. The first kappa shape index (κ1) is 10.8. The first-order valence-corrected chi connectivity index (χ1v) is 5.33. The molecule has 0 bridgehead atoms. The minimum Gasteiger partial charge on any atom is -0.392 e. The van der Waals surface area contributed by atoms with E-state index in [2.05, 4.69) is 19.9 Å². The summed E-state index contributed by atoms with van der Waals surface area (Å²) in [5.41, 5.74) is 1.63. The molecule has 0 amide bonds. The lowest BCUT2D eigenvalue weighted by molar-refractivity contribution is 0.260. The van der Waals surface area contributed by atoms with Crippen molar-refractivity contribution >= 4 is 0 Å². The molecule has 0 heterocycles. The predicted octanol–water partition coefficient (Wildman–Crippen LogP) is 3.14. The summed E-state index contributed by atoms with van der Waals surface area (Å²) in [4.78, 5) is 0. The normalized spacial score (nSPS) is 28.0. The maximum atomic E-state index is 8.87. The zero-order valence-electron chi connectivity index (χ0n) is 9.14. The Morgan fingerprint density at radius 2 is 2.23 bits per heavy atom. The van der Waals surface area contributed by atoms with Crippen molar-refractivity contribution in [2.75, 3.05) is 6.61 Å². The molecule has 0 saturated heterocycles. The summed E-state index contributed by atoms with van der Waals surface area (Å²) in [6.07, 6.45) is 7.46. The van der Waals surface area contributed by atoms with E-state index in [0.717, 1.165) is 17.9 Å². The van der Waals surface area contributed by atoms with Crippen molar-refractivity contribution in [3.63, 3.8) is 0 Å². The van der Waals surface area contributed by atoms with Crippen molar-refractivity contribution in [1.82, 2.24) is 0 Å². The van der Waals surface area contributed by atoms with Crippen LogP contribution in [-0.2, 0) is 0 Å². The first-order chi connectivity index (χ1) is 6.06. The largest absolute Gasteiger partial charge is 0.392 e. The van der Waals surface area contributed by atoms with Crippen molar-refractivity contribution < 1.29 is 5.11 Å². The second kappa shape index (κ2) is 4.28. The van der Waals surface area contributed by atoms with Crippen LogP contribution in [0, 0.1) is 11.3 Å². The SMILES string of the molecule is C/C(=C\C[C@H]1CCCC1(C)C)CO. The van der Waals surface area contributed by atoms with Crippen LogP contribution in [0.4, 0.5) is 0 Å².